The number of carbonyl (C=O) groups excluding carboxylic acids is 1. The monoisotopic (exact) mass is 298 g/mol. The summed E-state index contributed by atoms with van der Waals surface area (Å²) in [6.07, 6.45) is 4.89. The molecule has 2 rings (SSSR count). The fourth-order valence-electron chi connectivity index (χ4n) is 2.51. The normalized spacial score (nSPS) is 23.4. The summed E-state index contributed by atoms with van der Waals surface area (Å²) in [5.74, 6) is -0.0656. The maximum Gasteiger partial charge on any atom is 0.160 e. The molecular formula is C14H22N2O3S. The van der Waals surface area contributed by atoms with Crippen LogP contribution in [0.3, 0.4) is 0 Å². The van der Waals surface area contributed by atoms with Gasteiger partial charge in [-0.05, 0) is 32.3 Å². The summed E-state index contributed by atoms with van der Waals surface area (Å²) in [5, 5.41) is 3.55. The van der Waals surface area contributed by atoms with Crippen molar-refractivity contribution in [1.29, 1.82) is 0 Å². The fraction of sp³-hybridized carbons (Fsp3) is 0.714. The second kappa shape index (κ2) is 6.08. The van der Waals surface area contributed by atoms with E-state index in [-0.39, 0.29) is 24.0 Å². The third kappa shape index (κ3) is 3.29. The Balaban J connectivity index is 2.06. The van der Waals surface area contributed by atoms with Crippen LogP contribution in [-0.4, -0.2) is 35.0 Å². The quantitative estimate of drug-likeness (QED) is 0.833. The van der Waals surface area contributed by atoms with Crippen LogP contribution in [0.2, 0.25) is 0 Å². The van der Waals surface area contributed by atoms with Gasteiger partial charge in [-0.2, -0.15) is 5.10 Å². The number of aromatic nitrogens is 2. The van der Waals surface area contributed by atoms with E-state index >= 15 is 0 Å². The van der Waals surface area contributed by atoms with Gasteiger partial charge in [0.05, 0.1) is 17.9 Å². The standard InChI is InChI=1S/C14H22N2O3S/c1-3-11(2)16-8-7-12(15-16)10-13(17)14-6-4-5-9-20(14,18)19/h7-8,11,14H,3-6,9-10H2,1-2H3. The Hall–Kier alpha value is -1.17. The van der Waals surface area contributed by atoms with Gasteiger partial charge in [0.1, 0.15) is 5.25 Å². The number of hydrogen-bond donors (Lipinski definition) is 0. The van der Waals surface area contributed by atoms with Crippen LogP contribution in [0.5, 0.6) is 0 Å². The van der Waals surface area contributed by atoms with Crippen LogP contribution in [0.25, 0.3) is 0 Å². The molecule has 0 radical (unpaired) electrons. The van der Waals surface area contributed by atoms with E-state index in [0.717, 1.165) is 12.8 Å². The summed E-state index contributed by atoms with van der Waals surface area (Å²) in [7, 11) is -3.24. The number of Topliss-reactive ketones (excluding diaryl/α,β-unsaturated/α-hetero) is 1. The van der Waals surface area contributed by atoms with Gasteiger partial charge in [-0.1, -0.05) is 13.3 Å². The lowest BCUT2D eigenvalue weighted by atomic mass is 10.1. The molecule has 112 valence electrons. The van der Waals surface area contributed by atoms with Crippen LogP contribution in [0.1, 0.15) is 51.3 Å². The van der Waals surface area contributed by atoms with Crippen LogP contribution in [-0.2, 0) is 21.1 Å². The molecule has 0 saturated carbocycles. The average molecular weight is 298 g/mol. The van der Waals surface area contributed by atoms with Gasteiger partial charge >= 0.3 is 0 Å². The average Bonchev–Trinajstić information content (AvgIpc) is 2.85. The second-order valence-electron chi connectivity index (χ2n) is 5.54. The summed E-state index contributed by atoms with van der Waals surface area (Å²) in [6.45, 7) is 4.13. The van der Waals surface area contributed by atoms with Gasteiger partial charge in [0.2, 0.25) is 0 Å². The number of sulfone groups is 1. The van der Waals surface area contributed by atoms with Crippen molar-refractivity contribution < 1.29 is 13.2 Å². The number of rotatable bonds is 5. The number of hydrogen-bond acceptors (Lipinski definition) is 4. The lowest BCUT2D eigenvalue weighted by Gasteiger charge is -2.20. The minimum Gasteiger partial charge on any atom is -0.298 e. The Labute approximate surface area is 120 Å². The van der Waals surface area contributed by atoms with Crippen LogP contribution in [0, 0.1) is 0 Å². The third-order valence-corrected chi connectivity index (χ3v) is 6.22. The van der Waals surface area contributed by atoms with E-state index in [1.165, 1.54) is 0 Å². The zero-order valence-corrected chi connectivity index (χ0v) is 12.9. The fourth-order valence-corrected chi connectivity index (χ4v) is 4.41. The first-order chi connectivity index (χ1) is 9.44. The highest BCUT2D eigenvalue weighted by atomic mass is 32.2. The van der Waals surface area contributed by atoms with E-state index in [9.17, 15) is 13.2 Å². The van der Waals surface area contributed by atoms with Crippen molar-refractivity contribution in [3.8, 4) is 0 Å². The van der Waals surface area contributed by atoms with Gasteiger partial charge in [-0.3, -0.25) is 9.48 Å². The lowest BCUT2D eigenvalue weighted by molar-refractivity contribution is -0.118. The summed E-state index contributed by atoms with van der Waals surface area (Å²) >= 11 is 0. The van der Waals surface area contributed by atoms with E-state index < -0.39 is 15.1 Å². The van der Waals surface area contributed by atoms with Crippen LogP contribution >= 0.6 is 0 Å². The Morgan fingerprint density at radius 2 is 2.25 bits per heavy atom. The zero-order valence-electron chi connectivity index (χ0n) is 12.1. The van der Waals surface area contributed by atoms with Crippen molar-refractivity contribution in [2.24, 2.45) is 0 Å². The SMILES string of the molecule is CCC(C)n1ccc(CC(=O)C2CCCCS2(=O)=O)n1. The molecule has 5 nitrogen and oxygen atoms in total. The van der Waals surface area contributed by atoms with E-state index in [0.29, 0.717) is 18.5 Å². The van der Waals surface area contributed by atoms with Gasteiger partial charge in [0.25, 0.3) is 0 Å². The lowest BCUT2D eigenvalue weighted by Crippen LogP contribution is -2.36. The van der Waals surface area contributed by atoms with Gasteiger partial charge in [-0.25, -0.2) is 8.42 Å². The Morgan fingerprint density at radius 3 is 2.90 bits per heavy atom. The molecule has 1 aromatic heterocycles. The van der Waals surface area contributed by atoms with Crippen LogP contribution in [0.15, 0.2) is 12.3 Å². The van der Waals surface area contributed by atoms with E-state index in [1.54, 1.807) is 6.07 Å². The predicted octanol–water partition coefficient (Wildman–Crippen LogP) is 1.93. The zero-order chi connectivity index (χ0) is 14.8. The van der Waals surface area contributed by atoms with E-state index in [4.69, 9.17) is 0 Å². The third-order valence-electron chi connectivity index (χ3n) is 4.00. The molecule has 1 saturated heterocycles. The number of carbonyl (C=O) groups is 1. The van der Waals surface area contributed by atoms with E-state index in [1.807, 2.05) is 10.9 Å². The predicted molar refractivity (Wildman–Crippen MR) is 77.4 cm³/mol. The first kappa shape index (κ1) is 15.2. The first-order valence-corrected chi connectivity index (χ1v) is 8.94. The molecule has 0 aliphatic carbocycles. The summed E-state index contributed by atoms with van der Waals surface area (Å²) in [6, 6.07) is 2.09. The van der Waals surface area contributed by atoms with Gasteiger partial charge in [-0.15, -0.1) is 0 Å². The summed E-state index contributed by atoms with van der Waals surface area (Å²) in [5.41, 5.74) is 0.663. The van der Waals surface area contributed by atoms with Crippen molar-refractivity contribution in [3.05, 3.63) is 18.0 Å². The van der Waals surface area contributed by atoms with Gasteiger partial charge in [0, 0.05) is 12.2 Å². The molecular weight excluding hydrogens is 276 g/mol. The molecule has 0 N–H and O–H groups in total. The number of ketones is 1. The molecule has 2 unspecified atom stereocenters. The maximum atomic E-state index is 12.2. The second-order valence-corrected chi connectivity index (χ2v) is 7.84. The minimum atomic E-state index is -3.24. The summed E-state index contributed by atoms with van der Waals surface area (Å²) in [4.78, 5) is 12.2. The maximum absolute atomic E-state index is 12.2. The van der Waals surface area contributed by atoms with Crippen molar-refractivity contribution in [3.63, 3.8) is 0 Å². The van der Waals surface area contributed by atoms with Crippen molar-refractivity contribution in [2.45, 2.75) is 57.2 Å². The topological polar surface area (TPSA) is 69.0 Å². The molecule has 1 aliphatic heterocycles. The minimum absolute atomic E-state index is 0.118. The molecule has 0 bridgehead atoms. The molecule has 2 atom stereocenters. The molecule has 1 fully saturated rings. The van der Waals surface area contributed by atoms with Crippen LogP contribution < -0.4 is 0 Å². The van der Waals surface area contributed by atoms with Gasteiger partial charge in [0.15, 0.2) is 15.6 Å². The molecule has 0 spiro atoms. The van der Waals surface area contributed by atoms with E-state index in [2.05, 4.69) is 18.9 Å². The molecule has 1 aliphatic rings. The Bertz CT molecular complexity index is 577. The van der Waals surface area contributed by atoms with Crippen molar-refractivity contribution in [1.82, 2.24) is 9.78 Å². The molecule has 0 aromatic carbocycles. The molecule has 2 heterocycles. The number of nitrogens with zero attached hydrogens (tertiary/aromatic N) is 2. The molecule has 1 aromatic rings. The highest BCUT2D eigenvalue weighted by Crippen LogP contribution is 2.21. The Morgan fingerprint density at radius 1 is 1.50 bits per heavy atom. The molecule has 0 amide bonds. The Kier molecular flexibility index (Phi) is 4.62. The van der Waals surface area contributed by atoms with Crippen LogP contribution in [0.4, 0.5) is 0 Å². The highest BCUT2D eigenvalue weighted by Gasteiger charge is 2.34. The molecule has 6 heteroatoms. The van der Waals surface area contributed by atoms with Crippen molar-refractivity contribution in [2.75, 3.05) is 5.75 Å². The molecule has 20 heavy (non-hydrogen) atoms. The van der Waals surface area contributed by atoms with Gasteiger partial charge < -0.3 is 0 Å². The highest BCUT2D eigenvalue weighted by molar-refractivity contribution is 7.92. The summed E-state index contributed by atoms with van der Waals surface area (Å²) < 4.78 is 25.7. The van der Waals surface area contributed by atoms with Crippen molar-refractivity contribution >= 4 is 15.6 Å². The largest absolute Gasteiger partial charge is 0.298 e. The smallest absolute Gasteiger partial charge is 0.160 e. The first-order valence-electron chi connectivity index (χ1n) is 7.22.